The number of H-pyrrole nitrogens is 1. The molecule has 4 atom stereocenters. The molecule has 3 amide bonds. The summed E-state index contributed by atoms with van der Waals surface area (Å²) in [6.07, 6.45) is 5.17. The Morgan fingerprint density at radius 1 is 1.00 bits per heavy atom. The van der Waals surface area contributed by atoms with E-state index in [0.29, 0.717) is 18.5 Å². The molecule has 37 heavy (non-hydrogen) atoms. The molecular weight excluding hydrogens is 476 g/mol. The number of amides is 3. The second-order valence-corrected chi connectivity index (χ2v) is 9.77. The van der Waals surface area contributed by atoms with E-state index in [9.17, 15) is 24.3 Å². The number of benzene rings is 1. The minimum atomic E-state index is -1.17. The van der Waals surface area contributed by atoms with E-state index >= 15 is 0 Å². The van der Waals surface area contributed by atoms with Crippen molar-refractivity contribution in [3.63, 3.8) is 0 Å². The number of aromatic nitrogens is 2. The third-order valence-electron chi connectivity index (χ3n) is 6.23. The maximum atomic E-state index is 13.4. The van der Waals surface area contributed by atoms with Gasteiger partial charge in [-0.05, 0) is 37.3 Å². The lowest BCUT2D eigenvalue weighted by Gasteiger charge is -2.26. The van der Waals surface area contributed by atoms with Crippen LogP contribution in [0.5, 0.6) is 0 Å². The number of hydrogen-bond donors (Lipinski definition) is 6. The van der Waals surface area contributed by atoms with Gasteiger partial charge in [0.25, 0.3) is 0 Å². The first-order valence-electron chi connectivity index (χ1n) is 12.6. The van der Waals surface area contributed by atoms with Crippen molar-refractivity contribution < 1.29 is 24.3 Å². The third kappa shape index (κ3) is 8.71. The molecule has 0 aliphatic carbocycles. The van der Waals surface area contributed by atoms with Gasteiger partial charge in [0.2, 0.25) is 17.7 Å². The standard InChI is InChI=1S/C26H36N6O5/c1-16(2)11-20(24(34)32-22(26(36)37)12-17-7-4-3-5-8-17)30-25(35)21(13-18-14-27-15-29-18)31-23(33)19-9-6-10-28-19/h3-5,7-8,14-16,19-22,28H,6,9-13H2,1-2H3,(H,27,29)(H,30,35)(H,31,33)(H,32,34)(H,36,37). The Hall–Kier alpha value is -3.73. The van der Waals surface area contributed by atoms with Crippen LogP contribution in [-0.2, 0) is 32.0 Å². The molecule has 2 aromatic rings. The van der Waals surface area contributed by atoms with Crippen molar-refractivity contribution >= 4 is 23.7 Å². The summed E-state index contributed by atoms with van der Waals surface area (Å²) in [5, 5.41) is 20.9. The molecule has 1 aliphatic heterocycles. The second-order valence-electron chi connectivity index (χ2n) is 9.77. The van der Waals surface area contributed by atoms with Crippen molar-refractivity contribution in [1.29, 1.82) is 0 Å². The molecule has 1 aromatic heterocycles. The van der Waals surface area contributed by atoms with Crippen LogP contribution >= 0.6 is 0 Å². The van der Waals surface area contributed by atoms with E-state index in [-0.39, 0.29) is 30.7 Å². The lowest BCUT2D eigenvalue weighted by Crippen LogP contribution is -2.58. The summed E-state index contributed by atoms with van der Waals surface area (Å²) in [5.41, 5.74) is 1.42. The number of carboxylic acids is 1. The number of imidazole rings is 1. The summed E-state index contributed by atoms with van der Waals surface area (Å²) in [5.74, 6) is -2.53. The molecule has 2 heterocycles. The predicted octanol–water partition coefficient (Wildman–Crippen LogP) is 0.532. The van der Waals surface area contributed by atoms with Crippen LogP contribution in [0.1, 0.15) is 44.4 Å². The second kappa shape index (κ2) is 13.5. The highest BCUT2D eigenvalue weighted by Gasteiger charge is 2.32. The summed E-state index contributed by atoms with van der Waals surface area (Å²) >= 11 is 0. The summed E-state index contributed by atoms with van der Waals surface area (Å²) in [6, 6.07) is 5.55. The first kappa shape index (κ1) is 27.9. The summed E-state index contributed by atoms with van der Waals surface area (Å²) in [7, 11) is 0. The molecule has 11 nitrogen and oxygen atoms in total. The van der Waals surface area contributed by atoms with Gasteiger partial charge in [0.05, 0.1) is 12.4 Å². The fourth-order valence-electron chi connectivity index (χ4n) is 4.30. The van der Waals surface area contributed by atoms with E-state index in [2.05, 4.69) is 31.2 Å². The quantitative estimate of drug-likeness (QED) is 0.228. The zero-order chi connectivity index (χ0) is 26.8. The Morgan fingerprint density at radius 2 is 1.70 bits per heavy atom. The Bertz CT molecular complexity index is 1040. The Kier molecular flexibility index (Phi) is 10.2. The van der Waals surface area contributed by atoms with Crippen molar-refractivity contribution in [1.82, 2.24) is 31.2 Å². The molecule has 6 N–H and O–H groups in total. The van der Waals surface area contributed by atoms with E-state index in [1.54, 1.807) is 30.5 Å². The molecule has 1 aliphatic rings. The van der Waals surface area contributed by atoms with Gasteiger partial charge in [-0.2, -0.15) is 0 Å². The maximum absolute atomic E-state index is 13.4. The van der Waals surface area contributed by atoms with E-state index in [1.165, 1.54) is 6.33 Å². The van der Waals surface area contributed by atoms with Crippen LogP contribution in [0.4, 0.5) is 0 Å². The number of aliphatic carboxylic acids is 1. The van der Waals surface area contributed by atoms with Gasteiger partial charge >= 0.3 is 5.97 Å². The average Bonchev–Trinajstić information content (AvgIpc) is 3.57. The highest BCUT2D eigenvalue weighted by atomic mass is 16.4. The van der Waals surface area contributed by atoms with E-state index in [0.717, 1.165) is 18.5 Å². The number of carbonyl (C=O) groups is 4. The van der Waals surface area contributed by atoms with Crippen LogP contribution in [0, 0.1) is 5.92 Å². The number of carbonyl (C=O) groups excluding carboxylic acids is 3. The van der Waals surface area contributed by atoms with Crippen LogP contribution in [-0.4, -0.2) is 69.5 Å². The third-order valence-corrected chi connectivity index (χ3v) is 6.23. The van der Waals surface area contributed by atoms with Gasteiger partial charge in [-0.15, -0.1) is 0 Å². The zero-order valence-electron chi connectivity index (χ0n) is 21.2. The van der Waals surface area contributed by atoms with E-state index < -0.39 is 35.9 Å². The van der Waals surface area contributed by atoms with Crippen LogP contribution < -0.4 is 21.3 Å². The molecular formula is C26H36N6O5. The Balaban J connectivity index is 1.72. The van der Waals surface area contributed by atoms with Gasteiger partial charge < -0.3 is 31.4 Å². The molecule has 1 saturated heterocycles. The largest absolute Gasteiger partial charge is 0.480 e. The normalized spacial score (nSPS) is 17.5. The Labute approximate surface area is 216 Å². The van der Waals surface area contributed by atoms with Crippen molar-refractivity contribution in [2.45, 2.75) is 70.1 Å². The Morgan fingerprint density at radius 3 is 2.30 bits per heavy atom. The number of nitrogens with zero attached hydrogens (tertiary/aromatic N) is 1. The lowest BCUT2D eigenvalue weighted by atomic mass is 10.0. The van der Waals surface area contributed by atoms with Crippen LogP contribution in [0.3, 0.4) is 0 Å². The predicted molar refractivity (Wildman–Crippen MR) is 136 cm³/mol. The minimum absolute atomic E-state index is 0.0387. The van der Waals surface area contributed by atoms with Crippen molar-refractivity contribution in [3.8, 4) is 0 Å². The molecule has 1 aromatic carbocycles. The monoisotopic (exact) mass is 512 g/mol. The van der Waals surface area contributed by atoms with Crippen molar-refractivity contribution in [2.24, 2.45) is 5.92 Å². The summed E-state index contributed by atoms with van der Waals surface area (Å²) in [4.78, 5) is 58.1. The summed E-state index contributed by atoms with van der Waals surface area (Å²) < 4.78 is 0. The van der Waals surface area contributed by atoms with Gasteiger partial charge in [0.1, 0.15) is 18.1 Å². The SMILES string of the molecule is CC(C)CC(NC(=O)C(Cc1cnc[nH]1)NC(=O)C1CCCN1)C(=O)NC(Cc1ccccc1)C(=O)O. The smallest absolute Gasteiger partial charge is 0.326 e. The highest BCUT2D eigenvalue weighted by Crippen LogP contribution is 2.10. The zero-order valence-corrected chi connectivity index (χ0v) is 21.2. The lowest BCUT2D eigenvalue weighted by molar-refractivity contribution is -0.142. The highest BCUT2D eigenvalue weighted by molar-refractivity contribution is 5.94. The number of carboxylic acid groups (broad SMARTS) is 1. The van der Waals surface area contributed by atoms with Gasteiger partial charge in [0.15, 0.2) is 0 Å². The number of nitrogens with one attached hydrogen (secondary N) is 5. The fourth-order valence-corrected chi connectivity index (χ4v) is 4.30. The molecule has 4 unspecified atom stereocenters. The molecule has 0 bridgehead atoms. The number of hydrogen-bond acceptors (Lipinski definition) is 6. The molecule has 0 spiro atoms. The maximum Gasteiger partial charge on any atom is 0.326 e. The molecule has 200 valence electrons. The van der Waals surface area contributed by atoms with E-state index in [4.69, 9.17) is 0 Å². The van der Waals surface area contributed by atoms with Gasteiger partial charge in [-0.25, -0.2) is 9.78 Å². The first-order chi connectivity index (χ1) is 17.7. The van der Waals surface area contributed by atoms with Crippen LogP contribution in [0.25, 0.3) is 0 Å². The van der Waals surface area contributed by atoms with Crippen molar-refractivity contribution in [2.75, 3.05) is 6.54 Å². The van der Waals surface area contributed by atoms with Crippen molar-refractivity contribution in [3.05, 3.63) is 54.1 Å². The first-order valence-corrected chi connectivity index (χ1v) is 12.6. The average molecular weight is 513 g/mol. The molecule has 3 rings (SSSR count). The minimum Gasteiger partial charge on any atom is -0.480 e. The van der Waals surface area contributed by atoms with E-state index in [1.807, 2.05) is 19.9 Å². The molecule has 0 saturated carbocycles. The molecule has 0 radical (unpaired) electrons. The summed E-state index contributed by atoms with van der Waals surface area (Å²) in [6.45, 7) is 4.54. The fraction of sp³-hybridized carbons (Fsp3) is 0.500. The van der Waals surface area contributed by atoms with Gasteiger partial charge in [-0.3, -0.25) is 14.4 Å². The number of rotatable bonds is 13. The molecule has 11 heteroatoms. The number of aromatic amines is 1. The van der Waals surface area contributed by atoms with Gasteiger partial charge in [0, 0.05) is 24.7 Å². The van der Waals surface area contributed by atoms with Crippen LogP contribution in [0.15, 0.2) is 42.9 Å². The van der Waals surface area contributed by atoms with Gasteiger partial charge in [-0.1, -0.05) is 44.2 Å². The molecule has 1 fully saturated rings. The van der Waals surface area contributed by atoms with Crippen LogP contribution in [0.2, 0.25) is 0 Å². The topological polar surface area (TPSA) is 165 Å².